The number of carboxylic acids is 1. The van der Waals surface area contributed by atoms with Crippen molar-refractivity contribution in [2.75, 3.05) is 14.2 Å². The van der Waals surface area contributed by atoms with Gasteiger partial charge in [-0.05, 0) is 50.8 Å². The van der Waals surface area contributed by atoms with Gasteiger partial charge < -0.3 is 14.6 Å². The Kier molecular flexibility index (Phi) is 4.81. The average molecular weight is 266 g/mol. The minimum absolute atomic E-state index is 0.561. The number of hydrogen-bond acceptors (Lipinski definition) is 3. The maximum Gasteiger partial charge on any atom is 0.309 e. The van der Waals surface area contributed by atoms with Gasteiger partial charge in [-0.3, -0.25) is 4.79 Å². The quantitative estimate of drug-likeness (QED) is 0.859. The first-order valence-electron chi connectivity index (χ1n) is 6.26. The molecule has 0 saturated carbocycles. The Morgan fingerprint density at radius 2 is 1.89 bits per heavy atom. The number of methoxy groups -OCH3 is 2. The van der Waals surface area contributed by atoms with Crippen LogP contribution in [-0.2, 0) is 11.2 Å². The summed E-state index contributed by atoms with van der Waals surface area (Å²) in [5, 5.41) is 9.15. The monoisotopic (exact) mass is 266 g/mol. The molecule has 0 aliphatic carbocycles. The summed E-state index contributed by atoms with van der Waals surface area (Å²) in [6.45, 7) is 5.45. The smallest absolute Gasteiger partial charge is 0.309 e. The van der Waals surface area contributed by atoms with Gasteiger partial charge in [0.1, 0.15) is 11.5 Å². The molecule has 0 atom stereocenters. The number of carbonyl (C=O) groups is 1. The number of aryl methyl sites for hydroxylation is 1. The Hall–Kier alpha value is -1.71. The zero-order valence-corrected chi connectivity index (χ0v) is 12.2. The molecule has 4 heteroatoms. The van der Waals surface area contributed by atoms with Crippen molar-refractivity contribution in [2.45, 2.75) is 33.6 Å². The third kappa shape index (κ3) is 3.63. The van der Waals surface area contributed by atoms with Gasteiger partial charge in [-0.25, -0.2) is 0 Å². The molecular formula is C15H22O4. The molecule has 1 aromatic carbocycles. The molecule has 106 valence electrons. The Morgan fingerprint density at radius 1 is 1.26 bits per heavy atom. The molecule has 1 N–H and O–H groups in total. The van der Waals surface area contributed by atoms with E-state index >= 15 is 0 Å². The highest BCUT2D eigenvalue weighted by molar-refractivity contribution is 5.73. The number of benzene rings is 1. The molecule has 0 bridgehead atoms. The van der Waals surface area contributed by atoms with Gasteiger partial charge >= 0.3 is 5.97 Å². The van der Waals surface area contributed by atoms with Crippen LogP contribution in [-0.4, -0.2) is 25.3 Å². The number of carboxylic acid groups (broad SMARTS) is 1. The molecule has 19 heavy (non-hydrogen) atoms. The lowest BCUT2D eigenvalue weighted by Crippen LogP contribution is -2.24. The van der Waals surface area contributed by atoms with Gasteiger partial charge in [0.2, 0.25) is 0 Å². The number of hydrogen-bond donors (Lipinski definition) is 1. The second-order valence-corrected chi connectivity index (χ2v) is 5.31. The molecule has 0 aromatic heterocycles. The summed E-state index contributed by atoms with van der Waals surface area (Å²) in [6.07, 6.45) is 1.23. The summed E-state index contributed by atoms with van der Waals surface area (Å²) in [6, 6.07) is 3.77. The van der Waals surface area contributed by atoms with Crippen molar-refractivity contribution in [3.8, 4) is 11.5 Å². The molecule has 0 unspecified atom stereocenters. The lowest BCUT2D eigenvalue weighted by molar-refractivity contribution is -0.147. The molecule has 0 fully saturated rings. The number of ether oxygens (including phenoxy) is 2. The van der Waals surface area contributed by atoms with Gasteiger partial charge in [-0.15, -0.1) is 0 Å². The van der Waals surface area contributed by atoms with E-state index in [0.29, 0.717) is 12.8 Å². The third-order valence-corrected chi connectivity index (χ3v) is 3.44. The zero-order valence-electron chi connectivity index (χ0n) is 12.2. The van der Waals surface area contributed by atoms with Crippen LogP contribution in [0.15, 0.2) is 12.1 Å². The van der Waals surface area contributed by atoms with E-state index in [0.717, 1.165) is 22.6 Å². The maximum atomic E-state index is 11.1. The van der Waals surface area contributed by atoms with E-state index in [4.69, 9.17) is 14.6 Å². The maximum absolute atomic E-state index is 11.1. The lowest BCUT2D eigenvalue weighted by Gasteiger charge is -2.20. The minimum atomic E-state index is -0.780. The molecule has 0 radical (unpaired) electrons. The van der Waals surface area contributed by atoms with Gasteiger partial charge in [0.15, 0.2) is 0 Å². The first-order chi connectivity index (χ1) is 8.81. The topological polar surface area (TPSA) is 55.8 Å². The third-order valence-electron chi connectivity index (χ3n) is 3.44. The van der Waals surface area contributed by atoms with Crippen molar-refractivity contribution < 1.29 is 19.4 Å². The fourth-order valence-corrected chi connectivity index (χ4v) is 1.92. The molecule has 0 aliphatic rings. The number of rotatable bonds is 6. The van der Waals surface area contributed by atoms with E-state index in [1.165, 1.54) is 0 Å². The van der Waals surface area contributed by atoms with Gasteiger partial charge in [0.05, 0.1) is 19.6 Å². The van der Waals surface area contributed by atoms with Crippen LogP contribution in [0.25, 0.3) is 0 Å². The Labute approximate surface area is 114 Å². The molecule has 1 aromatic rings. The summed E-state index contributed by atoms with van der Waals surface area (Å²) < 4.78 is 10.6. The Bertz CT molecular complexity index is 463. The molecule has 0 aliphatic heterocycles. The van der Waals surface area contributed by atoms with Crippen LogP contribution in [0.2, 0.25) is 0 Å². The van der Waals surface area contributed by atoms with Crippen molar-refractivity contribution in [2.24, 2.45) is 5.41 Å². The number of aliphatic carboxylic acids is 1. The van der Waals surface area contributed by atoms with Crippen molar-refractivity contribution in [1.29, 1.82) is 0 Å². The summed E-state index contributed by atoms with van der Waals surface area (Å²) in [5.41, 5.74) is 1.35. The van der Waals surface area contributed by atoms with Crippen LogP contribution in [0.4, 0.5) is 0 Å². The molecule has 0 amide bonds. The van der Waals surface area contributed by atoms with Crippen LogP contribution in [0.5, 0.6) is 11.5 Å². The van der Waals surface area contributed by atoms with Crippen LogP contribution in [0, 0.1) is 12.3 Å². The summed E-state index contributed by atoms with van der Waals surface area (Å²) >= 11 is 0. The molecule has 0 spiro atoms. The normalized spacial score (nSPS) is 11.2. The first-order valence-corrected chi connectivity index (χ1v) is 6.26. The van der Waals surface area contributed by atoms with Gasteiger partial charge in [0.25, 0.3) is 0 Å². The molecule has 0 saturated heterocycles. The summed E-state index contributed by atoms with van der Waals surface area (Å²) in [5.74, 6) is 0.714. The van der Waals surface area contributed by atoms with Crippen LogP contribution in [0.1, 0.15) is 31.4 Å². The van der Waals surface area contributed by atoms with Crippen LogP contribution >= 0.6 is 0 Å². The standard InChI is InChI=1S/C15H22O4/c1-10-8-11(18-4)9-13(19-5)12(10)6-7-15(2,3)14(16)17/h8-9H,6-7H2,1-5H3,(H,16,17). The van der Waals surface area contributed by atoms with Gasteiger partial charge in [-0.2, -0.15) is 0 Å². The predicted octanol–water partition coefficient (Wildman–Crippen LogP) is 3.06. The lowest BCUT2D eigenvalue weighted by atomic mass is 9.85. The minimum Gasteiger partial charge on any atom is -0.497 e. The summed E-state index contributed by atoms with van der Waals surface area (Å²) in [4.78, 5) is 11.1. The highest BCUT2D eigenvalue weighted by Crippen LogP contribution is 2.32. The van der Waals surface area contributed by atoms with E-state index in [1.54, 1.807) is 28.1 Å². The van der Waals surface area contributed by atoms with Gasteiger partial charge in [0, 0.05) is 6.07 Å². The van der Waals surface area contributed by atoms with Crippen LogP contribution < -0.4 is 9.47 Å². The van der Waals surface area contributed by atoms with E-state index in [9.17, 15) is 4.79 Å². The average Bonchev–Trinajstić information content (AvgIpc) is 2.36. The second-order valence-electron chi connectivity index (χ2n) is 5.31. The largest absolute Gasteiger partial charge is 0.497 e. The van der Waals surface area contributed by atoms with E-state index in [2.05, 4.69) is 0 Å². The van der Waals surface area contributed by atoms with Crippen molar-refractivity contribution in [1.82, 2.24) is 0 Å². The summed E-state index contributed by atoms with van der Waals surface area (Å²) in [7, 11) is 3.22. The highest BCUT2D eigenvalue weighted by atomic mass is 16.5. The second kappa shape index (κ2) is 5.95. The van der Waals surface area contributed by atoms with Crippen molar-refractivity contribution in [3.05, 3.63) is 23.3 Å². The van der Waals surface area contributed by atoms with E-state index in [-0.39, 0.29) is 0 Å². The van der Waals surface area contributed by atoms with E-state index < -0.39 is 11.4 Å². The predicted molar refractivity (Wildman–Crippen MR) is 74.0 cm³/mol. The van der Waals surface area contributed by atoms with Gasteiger partial charge in [-0.1, -0.05) is 0 Å². The highest BCUT2D eigenvalue weighted by Gasteiger charge is 2.27. The zero-order chi connectivity index (χ0) is 14.6. The van der Waals surface area contributed by atoms with Crippen molar-refractivity contribution in [3.63, 3.8) is 0 Å². The van der Waals surface area contributed by atoms with E-state index in [1.807, 2.05) is 19.1 Å². The first kappa shape index (κ1) is 15.3. The Balaban J connectivity index is 2.98. The Morgan fingerprint density at radius 3 is 2.37 bits per heavy atom. The molecular weight excluding hydrogens is 244 g/mol. The molecule has 0 heterocycles. The molecule has 1 rings (SSSR count). The molecule has 4 nitrogen and oxygen atoms in total. The van der Waals surface area contributed by atoms with Crippen LogP contribution in [0.3, 0.4) is 0 Å². The SMILES string of the molecule is COc1cc(C)c(CCC(C)(C)C(=O)O)c(OC)c1. The van der Waals surface area contributed by atoms with Crippen molar-refractivity contribution >= 4 is 5.97 Å². The fraction of sp³-hybridized carbons (Fsp3) is 0.533. The fourth-order valence-electron chi connectivity index (χ4n) is 1.92.